The molecule has 98 valence electrons. The summed E-state index contributed by atoms with van der Waals surface area (Å²) in [5.74, 6) is 4.45. The van der Waals surface area contributed by atoms with Gasteiger partial charge in [0.05, 0.1) is 12.1 Å². The molecule has 0 unspecified atom stereocenters. The van der Waals surface area contributed by atoms with Crippen molar-refractivity contribution in [2.24, 2.45) is 7.05 Å². The number of rotatable bonds is 2. The van der Waals surface area contributed by atoms with Gasteiger partial charge in [-0.05, 0) is 17.7 Å². The van der Waals surface area contributed by atoms with Crippen molar-refractivity contribution >= 4 is 0 Å². The van der Waals surface area contributed by atoms with Gasteiger partial charge in [-0.2, -0.15) is 5.10 Å². The topological polar surface area (TPSA) is 60.1 Å². The van der Waals surface area contributed by atoms with E-state index in [2.05, 4.69) is 16.9 Å². The largest absolute Gasteiger partial charge is 0.384 e. The Labute approximate surface area is 108 Å². The van der Waals surface area contributed by atoms with Crippen molar-refractivity contribution in [1.82, 2.24) is 14.3 Å². The monoisotopic (exact) mass is 261 g/mol. The molecule has 0 saturated heterocycles. The SMILES string of the molecule is Cn1cnn(Cc2ccc(F)c(C#CCO)c2)c1=O. The minimum absolute atomic E-state index is 0.190. The molecule has 1 heterocycles. The van der Waals surface area contributed by atoms with Crippen LogP contribution in [0.3, 0.4) is 0 Å². The minimum atomic E-state index is -0.460. The lowest BCUT2D eigenvalue weighted by molar-refractivity contribution is 0.350. The molecule has 0 fully saturated rings. The number of benzene rings is 1. The quantitative estimate of drug-likeness (QED) is 0.781. The first-order valence-corrected chi connectivity index (χ1v) is 5.58. The highest BCUT2D eigenvalue weighted by molar-refractivity contribution is 5.38. The fraction of sp³-hybridized carbons (Fsp3) is 0.231. The summed E-state index contributed by atoms with van der Waals surface area (Å²) in [5, 5.41) is 12.5. The standard InChI is InChI=1S/C13H12FN3O2/c1-16-9-15-17(13(16)19)8-10-4-5-12(14)11(7-10)3-2-6-18/h4-5,7,9,18H,6,8H2,1H3. The van der Waals surface area contributed by atoms with Gasteiger partial charge in [-0.15, -0.1) is 0 Å². The van der Waals surface area contributed by atoms with E-state index in [1.165, 1.54) is 21.6 Å². The number of hydrogen-bond donors (Lipinski definition) is 1. The van der Waals surface area contributed by atoms with E-state index in [9.17, 15) is 9.18 Å². The lowest BCUT2D eigenvalue weighted by atomic mass is 10.1. The summed E-state index contributed by atoms with van der Waals surface area (Å²) in [5.41, 5.74) is 0.660. The van der Waals surface area contributed by atoms with E-state index < -0.39 is 5.82 Å². The molecule has 0 aliphatic heterocycles. The number of aliphatic hydroxyl groups is 1. The summed E-state index contributed by atoms with van der Waals surface area (Å²) in [6.45, 7) is -0.0862. The summed E-state index contributed by atoms with van der Waals surface area (Å²) in [4.78, 5) is 11.6. The number of halogens is 1. The van der Waals surface area contributed by atoms with E-state index in [0.29, 0.717) is 5.56 Å². The molecule has 0 aliphatic rings. The van der Waals surface area contributed by atoms with Gasteiger partial charge in [0.25, 0.3) is 0 Å². The van der Waals surface area contributed by atoms with Crippen molar-refractivity contribution < 1.29 is 9.50 Å². The van der Waals surface area contributed by atoms with E-state index in [1.807, 2.05) is 0 Å². The Kier molecular flexibility index (Phi) is 3.78. The predicted octanol–water partition coefficient (Wildman–Crippen LogP) is 0.113. The van der Waals surface area contributed by atoms with E-state index in [-0.39, 0.29) is 24.4 Å². The number of aromatic nitrogens is 3. The normalized spacial score (nSPS) is 10.1. The van der Waals surface area contributed by atoms with Crippen LogP contribution in [-0.4, -0.2) is 26.1 Å². The summed E-state index contributed by atoms with van der Waals surface area (Å²) in [6.07, 6.45) is 1.42. The van der Waals surface area contributed by atoms with Gasteiger partial charge in [0.2, 0.25) is 0 Å². The van der Waals surface area contributed by atoms with Crippen LogP contribution in [0.2, 0.25) is 0 Å². The smallest absolute Gasteiger partial charge is 0.345 e. The fourth-order valence-electron chi connectivity index (χ4n) is 1.60. The van der Waals surface area contributed by atoms with Gasteiger partial charge in [0.1, 0.15) is 18.8 Å². The molecule has 0 spiro atoms. The maximum absolute atomic E-state index is 13.4. The molecular weight excluding hydrogens is 249 g/mol. The molecule has 1 aromatic carbocycles. The van der Waals surface area contributed by atoms with E-state index in [4.69, 9.17) is 5.11 Å². The van der Waals surface area contributed by atoms with Crippen LogP contribution in [0.5, 0.6) is 0 Å². The lowest BCUT2D eigenvalue weighted by Gasteiger charge is -2.02. The average molecular weight is 261 g/mol. The Morgan fingerprint density at radius 3 is 2.89 bits per heavy atom. The second-order valence-electron chi connectivity index (χ2n) is 3.96. The van der Waals surface area contributed by atoms with Gasteiger partial charge in [-0.1, -0.05) is 17.9 Å². The number of nitrogens with zero attached hydrogens (tertiary/aromatic N) is 3. The van der Waals surface area contributed by atoms with Crippen molar-refractivity contribution in [3.8, 4) is 11.8 Å². The van der Waals surface area contributed by atoms with Crippen LogP contribution in [0.1, 0.15) is 11.1 Å². The third-order valence-corrected chi connectivity index (χ3v) is 2.55. The minimum Gasteiger partial charge on any atom is -0.384 e. The van der Waals surface area contributed by atoms with Crippen LogP contribution in [0.25, 0.3) is 0 Å². The van der Waals surface area contributed by atoms with Crippen LogP contribution < -0.4 is 5.69 Å². The summed E-state index contributed by atoms with van der Waals surface area (Å²) >= 11 is 0. The number of aryl methyl sites for hydroxylation is 1. The van der Waals surface area contributed by atoms with Crippen molar-refractivity contribution in [2.75, 3.05) is 6.61 Å². The van der Waals surface area contributed by atoms with Crippen LogP contribution in [0, 0.1) is 17.7 Å². The van der Waals surface area contributed by atoms with Crippen molar-refractivity contribution in [1.29, 1.82) is 0 Å². The number of aliphatic hydroxyl groups excluding tert-OH is 1. The van der Waals surface area contributed by atoms with Crippen molar-refractivity contribution in [3.63, 3.8) is 0 Å². The Bertz CT molecular complexity index is 707. The second-order valence-corrected chi connectivity index (χ2v) is 3.96. The molecule has 1 N–H and O–H groups in total. The van der Waals surface area contributed by atoms with Crippen molar-refractivity contribution in [3.05, 3.63) is 52.0 Å². The predicted molar refractivity (Wildman–Crippen MR) is 66.9 cm³/mol. The molecule has 0 radical (unpaired) electrons. The average Bonchev–Trinajstić information content (AvgIpc) is 2.71. The zero-order valence-corrected chi connectivity index (χ0v) is 10.3. The van der Waals surface area contributed by atoms with Crippen molar-refractivity contribution in [2.45, 2.75) is 6.54 Å². The van der Waals surface area contributed by atoms with E-state index in [1.54, 1.807) is 19.2 Å². The molecule has 19 heavy (non-hydrogen) atoms. The summed E-state index contributed by atoms with van der Waals surface area (Å²) in [6, 6.07) is 4.39. The molecular formula is C13H12FN3O2. The van der Waals surface area contributed by atoms with Crippen LogP contribution in [0.4, 0.5) is 4.39 Å². The fourth-order valence-corrected chi connectivity index (χ4v) is 1.60. The van der Waals surface area contributed by atoms with E-state index >= 15 is 0 Å². The molecule has 0 amide bonds. The third kappa shape index (κ3) is 2.89. The van der Waals surface area contributed by atoms with Gasteiger partial charge < -0.3 is 5.11 Å². The Hall–Kier alpha value is -2.39. The Morgan fingerprint density at radius 1 is 1.47 bits per heavy atom. The van der Waals surface area contributed by atoms with Gasteiger partial charge in [0.15, 0.2) is 0 Å². The first-order valence-electron chi connectivity index (χ1n) is 5.58. The second kappa shape index (κ2) is 5.50. The summed E-state index contributed by atoms with van der Waals surface area (Å²) in [7, 11) is 1.61. The molecule has 0 atom stereocenters. The van der Waals surface area contributed by atoms with Gasteiger partial charge in [0, 0.05) is 7.05 Å². The third-order valence-electron chi connectivity index (χ3n) is 2.55. The zero-order chi connectivity index (χ0) is 13.8. The highest BCUT2D eigenvalue weighted by Gasteiger charge is 2.05. The number of hydrogen-bond acceptors (Lipinski definition) is 3. The Balaban J connectivity index is 2.31. The van der Waals surface area contributed by atoms with Gasteiger partial charge in [-0.25, -0.2) is 13.9 Å². The Morgan fingerprint density at radius 2 is 2.26 bits per heavy atom. The highest BCUT2D eigenvalue weighted by Crippen LogP contribution is 2.10. The van der Waals surface area contributed by atoms with Gasteiger partial charge in [-0.3, -0.25) is 4.57 Å². The molecule has 0 saturated carbocycles. The first kappa shape index (κ1) is 13.1. The molecule has 0 bridgehead atoms. The molecule has 0 aliphatic carbocycles. The van der Waals surface area contributed by atoms with Crippen LogP contribution in [-0.2, 0) is 13.6 Å². The van der Waals surface area contributed by atoms with Crippen LogP contribution >= 0.6 is 0 Å². The molecule has 5 nitrogen and oxygen atoms in total. The maximum atomic E-state index is 13.4. The highest BCUT2D eigenvalue weighted by atomic mass is 19.1. The van der Waals surface area contributed by atoms with Crippen LogP contribution in [0.15, 0.2) is 29.3 Å². The molecule has 6 heteroatoms. The maximum Gasteiger partial charge on any atom is 0.345 e. The lowest BCUT2D eigenvalue weighted by Crippen LogP contribution is -2.23. The molecule has 1 aromatic heterocycles. The van der Waals surface area contributed by atoms with Gasteiger partial charge >= 0.3 is 5.69 Å². The molecule has 2 rings (SSSR count). The first-order chi connectivity index (χ1) is 9.11. The van der Waals surface area contributed by atoms with E-state index in [0.717, 1.165) is 0 Å². The molecule has 2 aromatic rings. The summed E-state index contributed by atoms with van der Waals surface area (Å²) < 4.78 is 16.1. The zero-order valence-electron chi connectivity index (χ0n) is 10.3.